The second kappa shape index (κ2) is 5.66. The van der Waals surface area contributed by atoms with E-state index >= 15 is 0 Å². The summed E-state index contributed by atoms with van der Waals surface area (Å²) in [4.78, 5) is 12.8. The third-order valence-electron chi connectivity index (χ3n) is 4.03. The number of carbonyl (C=O) groups is 1. The van der Waals surface area contributed by atoms with Gasteiger partial charge in [0.1, 0.15) is 0 Å². The number of rotatable bonds is 3. The molecule has 0 aromatic heterocycles. The molecule has 23 heavy (non-hydrogen) atoms. The molecule has 3 rings (SSSR count). The summed E-state index contributed by atoms with van der Waals surface area (Å²) in [6.07, 6.45) is 2.43. The number of allylic oxidation sites excluding steroid dienone is 1. The van der Waals surface area contributed by atoms with Crippen molar-refractivity contribution in [3.05, 3.63) is 71.3 Å². The highest BCUT2D eigenvalue weighted by molar-refractivity contribution is 7.89. The van der Waals surface area contributed by atoms with Gasteiger partial charge < -0.3 is 0 Å². The summed E-state index contributed by atoms with van der Waals surface area (Å²) >= 11 is 0. The van der Waals surface area contributed by atoms with E-state index in [0.29, 0.717) is 12.0 Å². The van der Waals surface area contributed by atoms with Crippen molar-refractivity contribution in [2.75, 3.05) is 7.05 Å². The first-order chi connectivity index (χ1) is 10.9. The molecule has 0 spiro atoms. The second-order valence-electron chi connectivity index (χ2n) is 5.57. The van der Waals surface area contributed by atoms with Gasteiger partial charge in [-0.1, -0.05) is 48.0 Å². The van der Waals surface area contributed by atoms with Gasteiger partial charge in [0.15, 0.2) is 0 Å². The number of nitrogens with zero attached hydrogens (tertiary/aromatic N) is 1. The van der Waals surface area contributed by atoms with E-state index in [9.17, 15) is 13.2 Å². The van der Waals surface area contributed by atoms with E-state index < -0.39 is 15.9 Å². The van der Waals surface area contributed by atoms with Crippen molar-refractivity contribution < 1.29 is 13.2 Å². The van der Waals surface area contributed by atoms with E-state index in [1.807, 2.05) is 31.2 Å². The average molecular weight is 327 g/mol. The molecule has 0 radical (unpaired) electrons. The Labute approximate surface area is 136 Å². The summed E-state index contributed by atoms with van der Waals surface area (Å²) in [5.74, 6) is -0.504. The molecule has 1 amide bonds. The lowest BCUT2D eigenvalue weighted by molar-refractivity contribution is -0.119. The van der Waals surface area contributed by atoms with E-state index in [-0.39, 0.29) is 4.90 Å². The molecule has 0 heterocycles. The van der Waals surface area contributed by atoms with Gasteiger partial charge in [0.25, 0.3) is 15.9 Å². The van der Waals surface area contributed by atoms with Crippen molar-refractivity contribution in [2.45, 2.75) is 18.2 Å². The van der Waals surface area contributed by atoms with Crippen LogP contribution in [0, 0.1) is 6.92 Å². The third kappa shape index (κ3) is 2.68. The van der Waals surface area contributed by atoms with Crippen molar-refractivity contribution in [2.24, 2.45) is 0 Å². The highest BCUT2D eigenvalue weighted by atomic mass is 32.2. The number of likely N-dealkylation sites (N-methyl/N-ethyl adjacent to an activating group) is 1. The van der Waals surface area contributed by atoms with Gasteiger partial charge in [-0.25, -0.2) is 12.7 Å². The maximum absolute atomic E-state index is 12.7. The zero-order chi connectivity index (χ0) is 16.6. The molecule has 4 nitrogen and oxygen atoms in total. The number of carbonyl (C=O) groups excluding carboxylic acids is 1. The first kappa shape index (κ1) is 15.5. The quantitative estimate of drug-likeness (QED) is 0.871. The van der Waals surface area contributed by atoms with Gasteiger partial charge in [-0.05, 0) is 36.6 Å². The van der Waals surface area contributed by atoms with Crippen molar-refractivity contribution in [3.63, 3.8) is 0 Å². The minimum absolute atomic E-state index is 0.117. The van der Waals surface area contributed by atoms with Gasteiger partial charge in [0.2, 0.25) is 0 Å². The van der Waals surface area contributed by atoms with Gasteiger partial charge in [-0.15, -0.1) is 0 Å². The Morgan fingerprint density at radius 3 is 2.39 bits per heavy atom. The molecule has 0 saturated heterocycles. The van der Waals surface area contributed by atoms with Gasteiger partial charge >= 0.3 is 0 Å². The number of benzene rings is 2. The van der Waals surface area contributed by atoms with Crippen LogP contribution in [0.2, 0.25) is 0 Å². The van der Waals surface area contributed by atoms with Crippen molar-refractivity contribution in [3.8, 4) is 0 Å². The molecule has 1 aliphatic rings. The molecule has 0 fully saturated rings. The smallest absolute Gasteiger partial charge is 0.267 e. The Kier molecular flexibility index (Phi) is 3.82. The van der Waals surface area contributed by atoms with Crippen molar-refractivity contribution in [1.82, 2.24) is 4.31 Å². The van der Waals surface area contributed by atoms with Crippen LogP contribution in [0.3, 0.4) is 0 Å². The van der Waals surface area contributed by atoms with E-state index in [4.69, 9.17) is 0 Å². The zero-order valence-electron chi connectivity index (χ0n) is 13.0. The van der Waals surface area contributed by atoms with Crippen LogP contribution < -0.4 is 0 Å². The molecule has 1 aliphatic carbocycles. The van der Waals surface area contributed by atoms with Crippen LogP contribution >= 0.6 is 0 Å². The van der Waals surface area contributed by atoms with Crippen LogP contribution in [-0.2, 0) is 21.2 Å². The number of sulfonamides is 1. The second-order valence-corrected chi connectivity index (χ2v) is 7.54. The van der Waals surface area contributed by atoms with E-state index in [2.05, 4.69) is 0 Å². The highest BCUT2D eigenvalue weighted by Crippen LogP contribution is 2.29. The fraction of sp³-hybridized carbons (Fsp3) is 0.167. The minimum Gasteiger partial charge on any atom is -0.268 e. The molecule has 5 heteroatoms. The van der Waals surface area contributed by atoms with Gasteiger partial charge in [0.05, 0.1) is 4.90 Å². The van der Waals surface area contributed by atoms with Gasteiger partial charge in [-0.3, -0.25) is 4.79 Å². The summed E-state index contributed by atoms with van der Waals surface area (Å²) in [7, 11) is -2.55. The predicted molar refractivity (Wildman–Crippen MR) is 89.3 cm³/mol. The number of hydrogen-bond acceptors (Lipinski definition) is 3. The van der Waals surface area contributed by atoms with Gasteiger partial charge in [-0.2, -0.15) is 0 Å². The summed E-state index contributed by atoms with van der Waals surface area (Å²) < 4.78 is 26.1. The molecule has 2 aromatic carbocycles. The lowest BCUT2D eigenvalue weighted by atomic mass is 10.1. The lowest BCUT2D eigenvalue weighted by Crippen LogP contribution is -2.33. The normalized spacial score (nSPS) is 13.4. The summed E-state index contributed by atoms with van der Waals surface area (Å²) in [6.45, 7) is 1.88. The molecule has 2 aromatic rings. The molecular weight excluding hydrogens is 310 g/mol. The fourth-order valence-electron chi connectivity index (χ4n) is 2.63. The average Bonchev–Trinajstić information content (AvgIpc) is 2.98. The highest BCUT2D eigenvalue weighted by Gasteiger charge is 2.30. The van der Waals surface area contributed by atoms with Crippen LogP contribution in [0.1, 0.15) is 16.7 Å². The first-order valence-corrected chi connectivity index (χ1v) is 8.73. The Morgan fingerprint density at radius 2 is 1.70 bits per heavy atom. The van der Waals surface area contributed by atoms with Crippen LogP contribution in [0.25, 0.3) is 5.57 Å². The first-order valence-electron chi connectivity index (χ1n) is 7.29. The Balaban J connectivity index is 1.93. The molecule has 0 saturated carbocycles. The Bertz CT molecular complexity index is 896. The van der Waals surface area contributed by atoms with E-state index in [1.165, 1.54) is 19.2 Å². The summed E-state index contributed by atoms with van der Waals surface area (Å²) in [5, 5.41) is 0. The van der Waals surface area contributed by atoms with Crippen LogP contribution in [0.4, 0.5) is 0 Å². The van der Waals surface area contributed by atoms with Crippen LogP contribution in [-0.4, -0.2) is 25.7 Å². The number of aryl methyl sites for hydroxylation is 1. The molecule has 0 aliphatic heterocycles. The van der Waals surface area contributed by atoms with E-state index in [0.717, 1.165) is 21.0 Å². The molecule has 0 atom stereocenters. The maximum Gasteiger partial charge on any atom is 0.267 e. The van der Waals surface area contributed by atoms with E-state index in [1.54, 1.807) is 18.2 Å². The number of fused-ring (bicyclic) bond motifs is 1. The fourth-order valence-corrected chi connectivity index (χ4v) is 3.75. The number of hydrogen-bond donors (Lipinski definition) is 0. The van der Waals surface area contributed by atoms with Crippen molar-refractivity contribution in [1.29, 1.82) is 0 Å². The lowest BCUT2D eigenvalue weighted by Gasteiger charge is -2.19. The summed E-state index contributed by atoms with van der Waals surface area (Å²) in [5.41, 5.74) is 3.25. The van der Waals surface area contributed by atoms with Gasteiger partial charge in [0, 0.05) is 12.6 Å². The maximum atomic E-state index is 12.7. The third-order valence-corrected chi connectivity index (χ3v) is 5.78. The Morgan fingerprint density at radius 1 is 1.04 bits per heavy atom. The zero-order valence-corrected chi connectivity index (χ0v) is 13.8. The predicted octanol–water partition coefficient (Wildman–Crippen LogP) is 2.78. The van der Waals surface area contributed by atoms with Crippen LogP contribution in [0.15, 0.2) is 59.5 Å². The molecule has 0 N–H and O–H groups in total. The largest absolute Gasteiger partial charge is 0.268 e. The topological polar surface area (TPSA) is 54.5 Å². The molecule has 0 unspecified atom stereocenters. The van der Waals surface area contributed by atoms with Crippen molar-refractivity contribution >= 4 is 21.5 Å². The van der Waals surface area contributed by atoms with Crippen LogP contribution in [0.5, 0.6) is 0 Å². The standard InChI is InChI=1S/C18H17NO3S/c1-13-7-10-15(11-8-13)23(21,22)19(2)18(20)17-12-9-14-5-3-4-6-16(14)17/h3-8,10-12H,9H2,1-2H3. The monoisotopic (exact) mass is 327 g/mol. The number of amides is 1. The molecule has 118 valence electrons. The Hall–Kier alpha value is -2.40. The SMILES string of the molecule is Cc1ccc(S(=O)(=O)N(C)C(=O)C2=CCc3ccccc32)cc1. The molecular formula is C18H17NO3S. The summed E-state index contributed by atoms with van der Waals surface area (Å²) in [6, 6.07) is 14.0. The molecule has 0 bridgehead atoms. The minimum atomic E-state index is -3.85.